The second-order valence-corrected chi connectivity index (χ2v) is 7.18. The monoisotopic (exact) mass is 295 g/mol. The topological polar surface area (TPSA) is 60.2 Å². The molecule has 3 aliphatic rings. The van der Waals surface area contributed by atoms with Gasteiger partial charge in [0.1, 0.15) is 6.10 Å². The average molecular weight is 295 g/mol. The van der Waals surface area contributed by atoms with Crippen LogP contribution in [0.3, 0.4) is 0 Å². The normalized spacial score (nSPS) is 37.8. The molecule has 1 N–H and O–H groups in total. The Morgan fingerprint density at radius 2 is 2.20 bits per heavy atom. The van der Waals surface area contributed by atoms with E-state index in [0.717, 1.165) is 42.2 Å². The van der Waals surface area contributed by atoms with Gasteiger partial charge in [0, 0.05) is 17.5 Å². The Morgan fingerprint density at radius 1 is 1.25 bits per heavy atom. The second-order valence-electron chi connectivity index (χ2n) is 6.03. The minimum absolute atomic E-state index is 0.00919. The Morgan fingerprint density at radius 3 is 3.05 bits per heavy atom. The van der Waals surface area contributed by atoms with Gasteiger partial charge in [0.15, 0.2) is 0 Å². The molecule has 0 spiro atoms. The molecule has 6 heteroatoms. The summed E-state index contributed by atoms with van der Waals surface area (Å²) in [7, 11) is 0. The second kappa shape index (κ2) is 5.66. The first kappa shape index (κ1) is 13.1. The summed E-state index contributed by atoms with van der Waals surface area (Å²) in [5.74, 6) is 4.28. The number of hydrogen-bond acceptors (Lipinski definition) is 6. The number of fused-ring (bicyclic) bond motifs is 1. The van der Waals surface area contributed by atoms with Gasteiger partial charge in [0.05, 0.1) is 12.6 Å². The number of nitrogens with zero attached hydrogens (tertiary/aromatic N) is 2. The van der Waals surface area contributed by atoms with E-state index >= 15 is 0 Å². The molecule has 2 saturated heterocycles. The summed E-state index contributed by atoms with van der Waals surface area (Å²) in [4.78, 5) is 4.60. The largest absolute Gasteiger partial charge is 0.368 e. The van der Waals surface area contributed by atoms with Crippen molar-refractivity contribution in [3.05, 3.63) is 11.7 Å². The molecule has 110 valence electrons. The van der Waals surface area contributed by atoms with Crippen LogP contribution in [0.25, 0.3) is 0 Å². The van der Waals surface area contributed by atoms with Gasteiger partial charge in [-0.1, -0.05) is 18.0 Å². The molecular weight excluding hydrogens is 274 g/mol. The van der Waals surface area contributed by atoms with Crippen LogP contribution in [0.4, 0.5) is 0 Å². The highest BCUT2D eigenvalue weighted by Crippen LogP contribution is 2.39. The van der Waals surface area contributed by atoms with Crippen molar-refractivity contribution in [2.24, 2.45) is 5.92 Å². The molecule has 1 aromatic rings. The van der Waals surface area contributed by atoms with E-state index in [2.05, 4.69) is 15.5 Å². The lowest BCUT2D eigenvalue weighted by atomic mass is 9.85. The van der Waals surface area contributed by atoms with Crippen LogP contribution >= 0.6 is 11.8 Å². The SMILES string of the molecule is C1CCC2NC(c3nc(C4CSCCO4)no3)CC2C1. The molecule has 20 heavy (non-hydrogen) atoms. The molecule has 0 aromatic carbocycles. The molecule has 3 fully saturated rings. The van der Waals surface area contributed by atoms with Gasteiger partial charge in [-0.2, -0.15) is 16.7 Å². The van der Waals surface area contributed by atoms with E-state index in [1.807, 2.05) is 11.8 Å². The van der Waals surface area contributed by atoms with E-state index in [4.69, 9.17) is 9.26 Å². The van der Waals surface area contributed by atoms with Gasteiger partial charge in [0.25, 0.3) is 0 Å². The molecule has 4 rings (SSSR count). The summed E-state index contributed by atoms with van der Waals surface area (Å²) in [6.07, 6.45) is 6.52. The maximum absolute atomic E-state index is 5.71. The van der Waals surface area contributed by atoms with Gasteiger partial charge in [-0.25, -0.2) is 0 Å². The highest BCUT2D eigenvalue weighted by atomic mass is 32.2. The summed E-state index contributed by atoms with van der Waals surface area (Å²) in [5, 5.41) is 7.82. The van der Waals surface area contributed by atoms with Crippen LogP contribution in [0.1, 0.15) is 56.0 Å². The van der Waals surface area contributed by atoms with E-state index < -0.39 is 0 Å². The minimum atomic E-state index is 0.00919. The molecule has 2 aliphatic heterocycles. The quantitative estimate of drug-likeness (QED) is 0.904. The first-order chi connectivity index (χ1) is 9.90. The third-order valence-electron chi connectivity index (χ3n) is 4.72. The number of thioether (sulfide) groups is 1. The van der Waals surface area contributed by atoms with Gasteiger partial charge in [-0.3, -0.25) is 0 Å². The molecule has 0 amide bonds. The lowest BCUT2D eigenvalue weighted by Crippen LogP contribution is -2.30. The number of ether oxygens (including phenoxy) is 1. The van der Waals surface area contributed by atoms with Crippen LogP contribution in [0, 0.1) is 5.92 Å². The fourth-order valence-corrected chi connectivity index (χ4v) is 4.51. The maximum Gasteiger partial charge on any atom is 0.243 e. The van der Waals surface area contributed by atoms with Crippen molar-refractivity contribution in [2.75, 3.05) is 18.1 Å². The van der Waals surface area contributed by atoms with Crippen molar-refractivity contribution in [1.82, 2.24) is 15.5 Å². The number of hydrogen-bond donors (Lipinski definition) is 1. The lowest BCUT2D eigenvalue weighted by molar-refractivity contribution is 0.0677. The Hall–Kier alpha value is -0.590. The van der Waals surface area contributed by atoms with Crippen LogP contribution in [0.5, 0.6) is 0 Å². The van der Waals surface area contributed by atoms with Gasteiger partial charge in [-0.05, 0) is 25.2 Å². The Balaban J connectivity index is 1.45. The molecule has 1 aromatic heterocycles. The molecule has 3 heterocycles. The predicted octanol–water partition coefficient (Wildman–Crippen LogP) is 2.47. The van der Waals surface area contributed by atoms with E-state index in [1.54, 1.807) is 0 Å². The standard InChI is InChI=1S/C14H21N3O2S/c1-2-4-10-9(3-1)7-11(15-10)14-16-13(17-19-14)12-8-20-6-5-18-12/h9-12,15H,1-8H2. The Labute approximate surface area is 123 Å². The lowest BCUT2D eigenvalue weighted by Gasteiger charge is -2.24. The zero-order valence-electron chi connectivity index (χ0n) is 11.6. The van der Waals surface area contributed by atoms with E-state index in [0.29, 0.717) is 6.04 Å². The smallest absolute Gasteiger partial charge is 0.243 e. The third kappa shape index (κ3) is 2.49. The van der Waals surface area contributed by atoms with E-state index in [-0.39, 0.29) is 12.1 Å². The predicted molar refractivity (Wildman–Crippen MR) is 76.6 cm³/mol. The highest BCUT2D eigenvalue weighted by Gasteiger charge is 2.38. The van der Waals surface area contributed by atoms with Gasteiger partial charge in [0.2, 0.25) is 11.7 Å². The molecule has 4 unspecified atom stereocenters. The highest BCUT2D eigenvalue weighted by molar-refractivity contribution is 7.99. The Kier molecular flexibility index (Phi) is 3.70. The molecule has 1 aliphatic carbocycles. The Bertz CT molecular complexity index is 447. The van der Waals surface area contributed by atoms with E-state index in [9.17, 15) is 0 Å². The summed E-state index contributed by atoms with van der Waals surface area (Å²) in [6, 6.07) is 0.908. The zero-order chi connectivity index (χ0) is 13.4. The first-order valence-electron chi connectivity index (χ1n) is 7.69. The zero-order valence-corrected chi connectivity index (χ0v) is 12.4. The van der Waals surface area contributed by atoms with E-state index in [1.165, 1.54) is 25.7 Å². The molecule has 1 saturated carbocycles. The van der Waals surface area contributed by atoms with Gasteiger partial charge in [-0.15, -0.1) is 0 Å². The van der Waals surface area contributed by atoms with Crippen molar-refractivity contribution in [1.29, 1.82) is 0 Å². The first-order valence-corrected chi connectivity index (χ1v) is 8.84. The minimum Gasteiger partial charge on any atom is -0.368 e. The third-order valence-corrected chi connectivity index (χ3v) is 5.72. The number of nitrogens with one attached hydrogen (secondary N) is 1. The molecule has 0 bridgehead atoms. The van der Waals surface area contributed by atoms with Gasteiger partial charge >= 0.3 is 0 Å². The van der Waals surface area contributed by atoms with Crippen LogP contribution in [-0.4, -0.2) is 34.3 Å². The van der Waals surface area contributed by atoms with Gasteiger partial charge < -0.3 is 14.6 Å². The fraction of sp³-hybridized carbons (Fsp3) is 0.857. The number of aromatic nitrogens is 2. The average Bonchev–Trinajstić information content (AvgIpc) is 3.14. The number of rotatable bonds is 2. The summed E-state index contributed by atoms with van der Waals surface area (Å²) < 4.78 is 11.2. The summed E-state index contributed by atoms with van der Waals surface area (Å²) >= 11 is 1.89. The van der Waals surface area contributed by atoms with Crippen molar-refractivity contribution < 1.29 is 9.26 Å². The van der Waals surface area contributed by atoms with Crippen molar-refractivity contribution in [3.63, 3.8) is 0 Å². The van der Waals surface area contributed by atoms with Crippen LogP contribution < -0.4 is 5.32 Å². The fourth-order valence-electron chi connectivity index (χ4n) is 3.67. The molecule has 5 nitrogen and oxygen atoms in total. The molecular formula is C14H21N3O2S. The van der Waals surface area contributed by atoms with Crippen molar-refractivity contribution in [3.8, 4) is 0 Å². The summed E-state index contributed by atoms with van der Waals surface area (Å²) in [6.45, 7) is 0.783. The summed E-state index contributed by atoms with van der Waals surface area (Å²) in [5.41, 5.74) is 0. The molecule has 0 radical (unpaired) electrons. The maximum atomic E-state index is 5.71. The van der Waals surface area contributed by atoms with Crippen molar-refractivity contribution in [2.45, 2.75) is 50.3 Å². The molecule has 4 atom stereocenters. The van der Waals surface area contributed by atoms with Crippen LogP contribution in [-0.2, 0) is 4.74 Å². The van der Waals surface area contributed by atoms with Crippen LogP contribution in [0.15, 0.2) is 4.52 Å². The van der Waals surface area contributed by atoms with Crippen molar-refractivity contribution >= 4 is 11.8 Å². The van der Waals surface area contributed by atoms with Crippen LogP contribution in [0.2, 0.25) is 0 Å².